The highest BCUT2D eigenvalue weighted by molar-refractivity contribution is 9.10. The van der Waals surface area contributed by atoms with Crippen LogP contribution in [0.15, 0.2) is 28.7 Å². The van der Waals surface area contributed by atoms with Gasteiger partial charge in [-0.05, 0) is 24.6 Å². The van der Waals surface area contributed by atoms with Gasteiger partial charge in [-0.25, -0.2) is 8.42 Å². The third kappa shape index (κ3) is 5.71. The molecular weight excluding hydrogens is 332 g/mol. The molecular formula is C12H17BrN2O3S. The lowest BCUT2D eigenvalue weighted by Crippen LogP contribution is -2.39. The molecule has 0 saturated heterocycles. The molecule has 1 aromatic carbocycles. The molecule has 5 nitrogen and oxygen atoms in total. The van der Waals surface area contributed by atoms with Gasteiger partial charge in [0.2, 0.25) is 15.9 Å². The van der Waals surface area contributed by atoms with E-state index in [0.29, 0.717) is 6.54 Å². The third-order valence-electron chi connectivity index (χ3n) is 2.44. The van der Waals surface area contributed by atoms with Crippen LogP contribution in [0.2, 0.25) is 0 Å². The molecule has 1 N–H and O–H groups in total. The summed E-state index contributed by atoms with van der Waals surface area (Å²) >= 11 is 3.32. The number of sulfonamides is 1. The lowest BCUT2D eigenvalue weighted by molar-refractivity contribution is -0.121. The number of nitrogens with zero attached hydrogens (tertiary/aromatic N) is 1. The molecule has 0 aliphatic carbocycles. The number of carbonyl (C=O) groups excluding carboxylic acids is 1. The van der Waals surface area contributed by atoms with Crippen molar-refractivity contribution in [1.29, 1.82) is 0 Å². The van der Waals surface area contributed by atoms with Crippen LogP contribution in [-0.4, -0.2) is 38.0 Å². The van der Waals surface area contributed by atoms with Gasteiger partial charge in [-0.15, -0.1) is 0 Å². The molecule has 0 radical (unpaired) electrons. The standard InChI is InChI=1S/C12H17BrN2O3S/c1-3-14-12(16)9-15(19(2,17)18)8-10-4-6-11(13)7-5-10/h4-7H,3,8-9H2,1-2H3,(H,14,16). The Morgan fingerprint density at radius 2 is 1.89 bits per heavy atom. The summed E-state index contributed by atoms with van der Waals surface area (Å²) < 4.78 is 25.4. The zero-order valence-electron chi connectivity index (χ0n) is 10.9. The Labute approximate surface area is 122 Å². The van der Waals surface area contributed by atoms with Crippen LogP contribution in [-0.2, 0) is 21.4 Å². The summed E-state index contributed by atoms with van der Waals surface area (Å²) in [5, 5.41) is 2.59. The average Bonchev–Trinajstić information content (AvgIpc) is 2.30. The van der Waals surface area contributed by atoms with Crippen LogP contribution < -0.4 is 5.32 Å². The number of halogens is 1. The third-order valence-corrected chi connectivity index (χ3v) is 4.16. The van der Waals surface area contributed by atoms with Crippen molar-refractivity contribution in [2.75, 3.05) is 19.3 Å². The van der Waals surface area contributed by atoms with E-state index in [9.17, 15) is 13.2 Å². The van der Waals surface area contributed by atoms with Crippen LogP contribution in [0.5, 0.6) is 0 Å². The fourth-order valence-electron chi connectivity index (χ4n) is 1.50. The predicted octanol–water partition coefficient (Wildman–Crippen LogP) is 1.35. The van der Waals surface area contributed by atoms with Crippen LogP contribution in [0.25, 0.3) is 0 Å². The molecule has 0 fully saturated rings. The quantitative estimate of drug-likeness (QED) is 0.843. The Kier molecular flexibility index (Phi) is 5.96. The molecule has 0 atom stereocenters. The summed E-state index contributed by atoms with van der Waals surface area (Å²) in [6.07, 6.45) is 1.10. The molecule has 19 heavy (non-hydrogen) atoms. The number of amides is 1. The van der Waals surface area contributed by atoms with Gasteiger partial charge in [0.15, 0.2) is 0 Å². The highest BCUT2D eigenvalue weighted by atomic mass is 79.9. The van der Waals surface area contributed by atoms with Crippen LogP contribution in [0.1, 0.15) is 12.5 Å². The summed E-state index contributed by atoms with van der Waals surface area (Å²) in [6, 6.07) is 7.31. The van der Waals surface area contributed by atoms with E-state index in [1.54, 1.807) is 6.92 Å². The number of hydrogen-bond donors (Lipinski definition) is 1. The van der Waals surface area contributed by atoms with Gasteiger partial charge in [0.1, 0.15) is 0 Å². The van der Waals surface area contributed by atoms with Crippen molar-refractivity contribution in [1.82, 2.24) is 9.62 Å². The molecule has 0 unspecified atom stereocenters. The van der Waals surface area contributed by atoms with E-state index >= 15 is 0 Å². The monoisotopic (exact) mass is 348 g/mol. The van der Waals surface area contributed by atoms with Crippen LogP contribution in [0, 0.1) is 0 Å². The van der Waals surface area contributed by atoms with Gasteiger partial charge in [-0.2, -0.15) is 4.31 Å². The Hall–Kier alpha value is -0.920. The summed E-state index contributed by atoms with van der Waals surface area (Å²) in [5.74, 6) is -0.301. The first-order valence-electron chi connectivity index (χ1n) is 5.79. The van der Waals surface area contributed by atoms with Crippen LogP contribution in [0.3, 0.4) is 0 Å². The van der Waals surface area contributed by atoms with Gasteiger partial charge >= 0.3 is 0 Å². The number of likely N-dealkylation sites (N-methyl/N-ethyl adjacent to an activating group) is 1. The Morgan fingerprint density at radius 1 is 1.32 bits per heavy atom. The largest absolute Gasteiger partial charge is 0.355 e. The van der Waals surface area contributed by atoms with Crippen molar-refractivity contribution in [3.8, 4) is 0 Å². The van der Waals surface area contributed by atoms with Gasteiger partial charge in [-0.3, -0.25) is 4.79 Å². The van der Waals surface area contributed by atoms with Crippen molar-refractivity contribution in [2.24, 2.45) is 0 Å². The fourth-order valence-corrected chi connectivity index (χ4v) is 2.50. The van der Waals surface area contributed by atoms with E-state index in [2.05, 4.69) is 21.2 Å². The first-order chi connectivity index (χ1) is 8.82. The van der Waals surface area contributed by atoms with Gasteiger partial charge in [0, 0.05) is 17.6 Å². The Balaban J connectivity index is 2.81. The molecule has 1 amide bonds. The van der Waals surface area contributed by atoms with Crippen molar-refractivity contribution in [2.45, 2.75) is 13.5 Å². The number of hydrogen-bond acceptors (Lipinski definition) is 3. The second-order valence-corrected chi connectivity index (χ2v) is 7.01. The minimum Gasteiger partial charge on any atom is -0.355 e. The highest BCUT2D eigenvalue weighted by Gasteiger charge is 2.20. The van der Waals surface area contributed by atoms with E-state index in [-0.39, 0.29) is 19.0 Å². The lowest BCUT2D eigenvalue weighted by Gasteiger charge is -2.19. The van der Waals surface area contributed by atoms with Crippen LogP contribution in [0.4, 0.5) is 0 Å². The topological polar surface area (TPSA) is 66.5 Å². The van der Waals surface area contributed by atoms with E-state index in [4.69, 9.17) is 0 Å². The first kappa shape index (κ1) is 16.1. The maximum Gasteiger partial charge on any atom is 0.235 e. The fraction of sp³-hybridized carbons (Fsp3) is 0.417. The highest BCUT2D eigenvalue weighted by Crippen LogP contribution is 2.13. The SMILES string of the molecule is CCNC(=O)CN(Cc1ccc(Br)cc1)S(C)(=O)=O. The Morgan fingerprint density at radius 3 is 2.37 bits per heavy atom. The summed E-state index contributed by atoms with van der Waals surface area (Å²) in [7, 11) is -3.43. The van der Waals surface area contributed by atoms with Crippen molar-refractivity contribution in [3.63, 3.8) is 0 Å². The minimum absolute atomic E-state index is 0.164. The smallest absolute Gasteiger partial charge is 0.235 e. The molecule has 106 valence electrons. The zero-order valence-corrected chi connectivity index (χ0v) is 13.3. The number of rotatable bonds is 6. The van der Waals surface area contributed by atoms with E-state index in [1.807, 2.05) is 24.3 Å². The van der Waals surface area contributed by atoms with Gasteiger partial charge < -0.3 is 5.32 Å². The molecule has 0 spiro atoms. The molecule has 1 aromatic rings. The van der Waals surface area contributed by atoms with Crippen LogP contribution >= 0.6 is 15.9 Å². The lowest BCUT2D eigenvalue weighted by atomic mass is 10.2. The second-order valence-electron chi connectivity index (χ2n) is 4.11. The molecule has 0 heterocycles. The van der Waals surface area contributed by atoms with E-state index in [1.165, 1.54) is 0 Å². The predicted molar refractivity (Wildman–Crippen MR) is 78.1 cm³/mol. The summed E-state index contributed by atoms with van der Waals surface area (Å²) in [4.78, 5) is 11.5. The summed E-state index contributed by atoms with van der Waals surface area (Å²) in [5.41, 5.74) is 0.831. The molecule has 0 saturated carbocycles. The van der Waals surface area contributed by atoms with E-state index in [0.717, 1.165) is 20.6 Å². The van der Waals surface area contributed by atoms with Gasteiger partial charge in [0.05, 0.1) is 12.8 Å². The molecule has 7 heteroatoms. The van der Waals surface area contributed by atoms with Crippen molar-refractivity contribution in [3.05, 3.63) is 34.3 Å². The summed E-state index contributed by atoms with van der Waals surface area (Å²) in [6.45, 7) is 2.29. The number of nitrogens with one attached hydrogen (secondary N) is 1. The molecule has 1 rings (SSSR count). The average molecular weight is 349 g/mol. The van der Waals surface area contributed by atoms with Gasteiger partial charge in [0.25, 0.3) is 0 Å². The second kappa shape index (κ2) is 7.02. The molecule has 0 aromatic heterocycles. The number of benzene rings is 1. The van der Waals surface area contributed by atoms with Crippen molar-refractivity contribution >= 4 is 31.9 Å². The van der Waals surface area contributed by atoms with Crippen molar-refractivity contribution < 1.29 is 13.2 Å². The Bertz CT molecular complexity index is 528. The molecule has 0 bridgehead atoms. The first-order valence-corrected chi connectivity index (χ1v) is 8.43. The molecule has 0 aliphatic rings. The van der Waals surface area contributed by atoms with E-state index < -0.39 is 10.0 Å². The zero-order chi connectivity index (χ0) is 14.5. The maximum atomic E-state index is 11.7. The van der Waals surface area contributed by atoms with Gasteiger partial charge in [-0.1, -0.05) is 28.1 Å². The normalized spacial score (nSPS) is 11.6. The maximum absolute atomic E-state index is 11.7. The number of carbonyl (C=O) groups is 1. The molecule has 0 aliphatic heterocycles. The minimum atomic E-state index is -3.43.